The zero-order valence-electron chi connectivity index (χ0n) is 11.5. The molecule has 0 saturated carbocycles. The SMILES string of the molecule is COc1ccc(COCc2cnc(F)c(B(O)O)c2)cc1. The molecule has 0 aliphatic rings. The first kappa shape index (κ1) is 15.4. The van der Waals surface area contributed by atoms with Gasteiger partial charge in [-0.15, -0.1) is 0 Å². The summed E-state index contributed by atoms with van der Waals surface area (Å²) in [7, 11) is -0.292. The quantitative estimate of drug-likeness (QED) is 0.603. The van der Waals surface area contributed by atoms with Crippen molar-refractivity contribution in [3.8, 4) is 5.75 Å². The topological polar surface area (TPSA) is 71.8 Å². The lowest BCUT2D eigenvalue weighted by Gasteiger charge is -2.07. The highest BCUT2D eigenvalue weighted by molar-refractivity contribution is 6.58. The summed E-state index contributed by atoms with van der Waals surface area (Å²) in [6.07, 6.45) is 1.30. The number of hydrogen-bond acceptors (Lipinski definition) is 5. The fourth-order valence-electron chi connectivity index (χ4n) is 1.78. The lowest BCUT2D eigenvalue weighted by molar-refractivity contribution is 0.107. The van der Waals surface area contributed by atoms with E-state index in [1.54, 1.807) is 7.11 Å². The van der Waals surface area contributed by atoms with Gasteiger partial charge >= 0.3 is 7.12 Å². The number of hydrogen-bond donors (Lipinski definition) is 2. The fourth-order valence-corrected chi connectivity index (χ4v) is 1.78. The zero-order chi connectivity index (χ0) is 15.2. The molecule has 5 nitrogen and oxygen atoms in total. The zero-order valence-corrected chi connectivity index (χ0v) is 11.5. The van der Waals surface area contributed by atoms with Gasteiger partial charge in [0, 0.05) is 11.7 Å². The number of nitrogens with zero attached hydrogens (tertiary/aromatic N) is 1. The molecule has 110 valence electrons. The maximum absolute atomic E-state index is 13.2. The number of ether oxygens (including phenoxy) is 2. The Morgan fingerprint density at radius 1 is 1.14 bits per heavy atom. The predicted octanol–water partition coefficient (Wildman–Crippen LogP) is 0.626. The van der Waals surface area contributed by atoms with Crippen LogP contribution < -0.4 is 10.2 Å². The lowest BCUT2D eigenvalue weighted by atomic mass is 9.80. The smallest absolute Gasteiger partial charge is 0.493 e. The standard InChI is InChI=1S/C14H15BFNO4/c1-20-12-4-2-10(3-5-12)8-21-9-11-6-13(15(18)19)14(16)17-7-11/h2-7,18-19H,8-9H2,1H3. The van der Waals surface area contributed by atoms with Gasteiger partial charge in [0.2, 0.25) is 5.95 Å². The number of aromatic nitrogens is 1. The second-order valence-electron chi connectivity index (χ2n) is 4.44. The van der Waals surface area contributed by atoms with E-state index in [1.165, 1.54) is 12.3 Å². The number of pyridine rings is 1. The highest BCUT2D eigenvalue weighted by Crippen LogP contribution is 2.12. The van der Waals surface area contributed by atoms with Crippen LogP contribution in [-0.2, 0) is 18.0 Å². The van der Waals surface area contributed by atoms with E-state index in [9.17, 15) is 4.39 Å². The molecule has 1 aromatic carbocycles. The van der Waals surface area contributed by atoms with Crippen LogP contribution in [-0.4, -0.2) is 29.3 Å². The molecule has 0 spiro atoms. The van der Waals surface area contributed by atoms with Gasteiger partial charge in [-0.2, -0.15) is 4.39 Å². The van der Waals surface area contributed by atoms with E-state index in [0.717, 1.165) is 11.3 Å². The van der Waals surface area contributed by atoms with Crippen LogP contribution in [0.15, 0.2) is 36.5 Å². The lowest BCUT2D eigenvalue weighted by Crippen LogP contribution is -2.34. The Bertz CT molecular complexity index is 592. The Kier molecular flexibility index (Phi) is 5.27. The molecule has 0 fully saturated rings. The van der Waals surface area contributed by atoms with Crippen molar-refractivity contribution in [2.24, 2.45) is 0 Å². The van der Waals surface area contributed by atoms with E-state index in [2.05, 4.69) is 4.98 Å². The van der Waals surface area contributed by atoms with Crippen LogP contribution in [0.25, 0.3) is 0 Å². The largest absolute Gasteiger partial charge is 0.497 e. The molecule has 2 aromatic rings. The minimum atomic E-state index is -1.89. The van der Waals surface area contributed by atoms with Gasteiger partial charge in [0.1, 0.15) is 5.75 Å². The van der Waals surface area contributed by atoms with Crippen LogP contribution in [0.5, 0.6) is 5.75 Å². The van der Waals surface area contributed by atoms with Crippen LogP contribution in [0.1, 0.15) is 11.1 Å². The van der Waals surface area contributed by atoms with Crippen molar-refractivity contribution in [3.05, 3.63) is 53.6 Å². The van der Waals surface area contributed by atoms with Crippen molar-refractivity contribution in [2.75, 3.05) is 7.11 Å². The molecule has 7 heteroatoms. The van der Waals surface area contributed by atoms with E-state index in [1.807, 2.05) is 24.3 Å². The second-order valence-corrected chi connectivity index (χ2v) is 4.44. The van der Waals surface area contributed by atoms with Crippen LogP contribution in [0.3, 0.4) is 0 Å². The van der Waals surface area contributed by atoms with Gasteiger partial charge in [0.15, 0.2) is 0 Å². The molecule has 1 heterocycles. The second kappa shape index (κ2) is 7.17. The van der Waals surface area contributed by atoms with Crippen molar-refractivity contribution >= 4 is 12.6 Å². The van der Waals surface area contributed by atoms with Crippen molar-refractivity contribution in [1.29, 1.82) is 0 Å². The third-order valence-electron chi connectivity index (χ3n) is 2.90. The summed E-state index contributed by atoms with van der Waals surface area (Å²) in [5, 5.41) is 18.0. The summed E-state index contributed by atoms with van der Waals surface area (Å²) < 4.78 is 23.7. The first-order valence-electron chi connectivity index (χ1n) is 6.31. The van der Waals surface area contributed by atoms with Gasteiger partial charge in [-0.25, -0.2) is 4.98 Å². The molecular formula is C14H15BFNO4. The molecule has 0 unspecified atom stereocenters. The van der Waals surface area contributed by atoms with Crippen molar-refractivity contribution < 1.29 is 23.9 Å². The maximum Gasteiger partial charge on any atom is 0.493 e. The molecule has 2 N–H and O–H groups in total. The molecule has 0 aliphatic carbocycles. The highest BCUT2D eigenvalue weighted by atomic mass is 19.1. The molecule has 0 aliphatic heterocycles. The Morgan fingerprint density at radius 3 is 2.43 bits per heavy atom. The highest BCUT2D eigenvalue weighted by Gasteiger charge is 2.18. The molecular weight excluding hydrogens is 276 g/mol. The minimum absolute atomic E-state index is 0.193. The average molecular weight is 291 g/mol. The molecule has 0 radical (unpaired) electrons. The summed E-state index contributed by atoms with van der Waals surface area (Å²) >= 11 is 0. The number of benzene rings is 1. The first-order valence-corrected chi connectivity index (χ1v) is 6.31. The van der Waals surface area contributed by atoms with Gasteiger partial charge in [0.25, 0.3) is 0 Å². The third-order valence-corrected chi connectivity index (χ3v) is 2.90. The summed E-state index contributed by atoms with van der Waals surface area (Å²) in [5.41, 5.74) is 1.27. The first-order chi connectivity index (χ1) is 10.1. The van der Waals surface area contributed by atoms with Crippen LogP contribution in [0, 0.1) is 5.95 Å². The van der Waals surface area contributed by atoms with Crippen molar-refractivity contribution in [3.63, 3.8) is 0 Å². The van der Waals surface area contributed by atoms with Crippen molar-refractivity contribution in [2.45, 2.75) is 13.2 Å². The Labute approximate surface area is 122 Å². The molecule has 0 atom stereocenters. The van der Waals surface area contributed by atoms with Gasteiger partial charge < -0.3 is 19.5 Å². The molecule has 0 amide bonds. The van der Waals surface area contributed by atoms with E-state index in [4.69, 9.17) is 19.5 Å². The third kappa shape index (κ3) is 4.25. The normalized spacial score (nSPS) is 10.5. The predicted molar refractivity (Wildman–Crippen MR) is 75.5 cm³/mol. The summed E-state index contributed by atoms with van der Waals surface area (Å²) in [6.45, 7) is 0.567. The molecule has 21 heavy (non-hydrogen) atoms. The van der Waals surface area contributed by atoms with Crippen molar-refractivity contribution in [1.82, 2.24) is 4.98 Å². The monoisotopic (exact) mass is 291 g/mol. The van der Waals surface area contributed by atoms with Crippen LogP contribution in [0.2, 0.25) is 0 Å². The average Bonchev–Trinajstić information content (AvgIpc) is 2.49. The fraction of sp³-hybridized carbons (Fsp3) is 0.214. The Hall–Kier alpha value is -1.96. The van der Waals surface area contributed by atoms with Crippen LogP contribution >= 0.6 is 0 Å². The van der Waals surface area contributed by atoms with E-state index < -0.39 is 13.1 Å². The van der Waals surface area contributed by atoms with Gasteiger partial charge in [0.05, 0.1) is 20.3 Å². The number of rotatable bonds is 6. The minimum Gasteiger partial charge on any atom is -0.497 e. The summed E-state index contributed by atoms with van der Waals surface area (Å²) in [5.74, 6) is -0.132. The van der Waals surface area contributed by atoms with E-state index >= 15 is 0 Å². The molecule has 2 rings (SSSR count). The Morgan fingerprint density at radius 2 is 1.81 bits per heavy atom. The molecule has 0 bridgehead atoms. The summed E-state index contributed by atoms with van der Waals surface area (Å²) in [6, 6.07) is 8.74. The maximum atomic E-state index is 13.2. The number of methoxy groups -OCH3 is 1. The van der Waals surface area contributed by atoms with Gasteiger partial charge in [-0.3, -0.25) is 0 Å². The van der Waals surface area contributed by atoms with E-state index in [0.29, 0.717) is 12.2 Å². The van der Waals surface area contributed by atoms with E-state index in [-0.39, 0.29) is 12.1 Å². The van der Waals surface area contributed by atoms with Crippen LogP contribution in [0.4, 0.5) is 4.39 Å². The van der Waals surface area contributed by atoms with Gasteiger partial charge in [-0.1, -0.05) is 18.2 Å². The van der Waals surface area contributed by atoms with Gasteiger partial charge in [-0.05, 0) is 23.3 Å². The summed E-state index contributed by atoms with van der Waals surface area (Å²) in [4.78, 5) is 3.47. The molecule has 1 aromatic heterocycles. The number of halogens is 1. The Balaban J connectivity index is 1.92. The molecule has 0 saturated heterocycles.